The molecule has 1 aliphatic heterocycles. The maximum Gasteiger partial charge on any atom is 0.254 e. The Morgan fingerprint density at radius 2 is 1.88 bits per heavy atom. The molecule has 0 saturated carbocycles. The largest absolute Gasteiger partial charge is 0.348 e. The number of hydrogen-bond donors (Lipinski definition) is 0. The van der Waals surface area contributed by atoms with Crippen LogP contribution in [0.3, 0.4) is 0 Å². The lowest BCUT2D eigenvalue weighted by Crippen LogP contribution is -2.49. The zero-order valence-corrected chi connectivity index (χ0v) is 18.8. The molecule has 3 aromatic rings. The summed E-state index contributed by atoms with van der Waals surface area (Å²) in [7, 11) is 0. The molecule has 0 aliphatic carbocycles. The van der Waals surface area contributed by atoms with E-state index >= 15 is 0 Å². The van der Waals surface area contributed by atoms with E-state index in [-0.39, 0.29) is 36.0 Å². The van der Waals surface area contributed by atoms with Crippen LogP contribution in [-0.2, 0) is 11.3 Å². The van der Waals surface area contributed by atoms with Gasteiger partial charge < -0.3 is 14.4 Å². The van der Waals surface area contributed by atoms with Gasteiger partial charge in [-0.2, -0.15) is 0 Å². The highest BCUT2D eigenvalue weighted by Gasteiger charge is 2.35. The lowest BCUT2D eigenvalue weighted by Gasteiger charge is -2.39. The van der Waals surface area contributed by atoms with Crippen molar-refractivity contribution in [2.45, 2.75) is 32.5 Å². The van der Waals surface area contributed by atoms with E-state index in [2.05, 4.69) is 4.57 Å². The van der Waals surface area contributed by atoms with Crippen LogP contribution < -0.4 is 0 Å². The van der Waals surface area contributed by atoms with E-state index in [0.29, 0.717) is 18.1 Å². The number of fused-ring (bicyclic) bond motifs is 1. The van der Waals surface area contributed by atoms with Crippen LogP contribution in [0.2, 0.25) is 5.02 Å². The van der Waals surface area contributed by atoms with Gasteiger partial charge in [-0.1, -0.05) is 35.9 Å². The highest BCUT2D eigenvalue weighted by molar-refractivity contribution is 6.31. The summed E-state index contributed by atoms with van der Waals surface area (Å²) in [5, 5.41) is 0.585. The van der Waals surface area contributed by atoms with Gasteiger partial charge in [0.05, 0.1) is 6.04 Å². The summed E-state index contributed by atoms with van der Waals surface area (Å²) in [6, 6.07) is 16.4. The van der Waals surface area contributed by atoms with Gasteiger partial charge >= 0.3 is 0 Å². The van der Waals surface area contributed by atoms with Crippen LogP contribution in [0.4, 0.5) is 4.39 Å². The fourth-order valence-electron chi connectivity index (χ4n) is 4.19. The van der Waals surface area contributed by atoms with Crippen molar-refractivity contribution in [3.05, 3.63) is 94.5 Å². The Bertz CT molecular complexity index is 1140. The van der Waals surface area contributed by atoms with Crippen molar-refractivity contribution in [3.8, 4) is 0 Å². The third-order valence-corrected chi connectivity index (χ3v) is 6.16. The minimum Gasteiger partial charge on any atom is -0.348 e. The Balaban J connectivity index is 1.64. The molecule has 32 heavy (non-hydrogen) atoms. The Morgan fingerprint density at radius 3 is 2.59 bits per heavy atom. The lowest BCUT2D eigenvalue weighted by atomic mass is 9.99. The molecule has 1 aliphatic rings. The first kappa shape index (κ1) is 22.1. The molecule has 0 radical (unpaired) electrons. The first-order valence-corrected chi connectivity index (χ1v) is 11.0. The molecule has 0 N–H and O–H groups in total. The lowest BCUT2D eigenvalue weighted by molar-refractivity contribution is -0.135. The summed E-state index contributed by atoms with van der Waals surface area (Å²) in [5.41, 5.74) is 2.04. The average molecular weight is 454 g/mol. The van der Waals surface area contributed by atoms with Crippen molar-refractivity contribution in [2.24, 2.45) is 0 Å². The van der Waals surface area contributed by atoms with E-state index in [1.165, 1.54) is 23.1 Å². The van der Waals surface area contributed by atoms with Crippen LogP contribution in [0.1, 0.15) is 41.5 Å². The summed E-state index contributed by atoms with van der Waals surface area (Å²) in [6.45, 7) is 4.74. The van der Waals surface area contributed by atoms with Crippen molar-refractivity contribution in [3.63, 3.8) is 0 Å². The van der Waals surface area contributed by atoms with Gasteiger partial charge in [0.25, 0.3) is 5.91 Å². The molecule has 5 nitrogen and oxygen atoms in total. The fraction of sp³-hybridized carbons (Fsp3) is 0.280. The summed E-state index contributed by atoms with van der Waals surface area (Å²) >= 11 is 6.52. The minimum atomic E-state index is -0.485. The van der Waals surface area contributed by atoms with E-state index in [4.69, 9.17) is 11.6 Å². The van der Waals surface area contributed by atoms with Crippen molar-refractivity contribution >= 4 is 23.4 Å². The predicted molar refractivity (Wildman–Crippen MR) is 122 cm³/mol. The number of carbonyl (C=O) groups is 2. The molecule has 166 valence electrons. The van der Waals surface area contributed by atoms with Gasteiger partial charge in [0.2, 0.25) is 5.91 Å². The summed E-state index contributed by atoms with van der Waals surface area (Å²) in [5.74, 6) is -1.04. The second-order valence-corrected chi connectivity index (χ2v) is 8.58. The highest BCUT2D eigenvalue weighted by atomic mass is 35.5. The first-order chi connectivity index (χ1) is 15.4. The number of hydrogen-bond acceptors (Lipinski definition) is 2. The Labute approximate surface area is 192 Å². The molecule has 4 rings (SSSR count). The molecule has 0 unspecified atom stereocenters. The molecule has 1 aromatic heterocycles. The molecule has 2 aromatic carbocycles. The number of halogens is 2. The number of carbonyl (C=O) groups excluding carboxylic acids is 2. The van der Waals surface area contributed by atoms with Gasteiger partial charge in [-0.25, -0.2) is 4.39 Å². The van der Waals surface area contributed by atoms with Gasteiger partial charge in [0, 0.05) is 41.6 Å². The topological polar surface area (TPSA) is 45.6 Å². The molecule has 1 atom stereocenters. The number of rotatable bonds is 5. The van der Waals surface area contributed by atoms with Crippen molar-refractivity contribution in [1.82, 2.24) is 14.4 Å². The predicted octanol–water partition coefficient (Wildman–Crippen LogP) is 4.76. The number of aromatic nitrogens is 1. The van der Waals surface area contributed by atoms with E-state index in [9.17, 15) is 14.0 Å². The average Bonchev–Trinajstić information content (AvgIpc) is 3.25. The molecule has 2 heterocycles. The van der Waals surface area contributed by atoms with Gasteiger partial charge in [-0.15, -0.1) is 0 Å². The Hall–Kier alpha value is -3.12. The normalized spacial score (nSPS) is 15.5. The molecule has 7 heteroatoms. The smallest absolute Gasteiger partial charge is 0.254 e. The van der Waals surface area contributed by atoms with Gasteiger partial charge in [0.1, 0.15) is 12.4 Å². The van der Waals surface area contributed by atoms with Crippen molar-refractivity contribution in [1.29, 1.82) is 0 Å². The van der Waals surface area contributed by atoms with Crippen LogP contribution in [-0.4, -0.2) is 45.3 Å². The Morgan fingerprint density at radius 1 is 1.09 bits per heavy atom. The second-order valence-electron chi connectivity index (χ2n) is 8.17. The van der Waals surface area contributed by atoms with Crippen molar-refractivity contribution in [2.75, 3.05) is 13.1 Å². The monoisotopic (exact) mass is 453 g/mol. The second kappa shape index (κ2) is 9.17. The molecular weight excluding hydrogens is 429 g/mol. The van der Waals surface area contributed by atoms with E-state index in [0.717, 1.165) is 11.3 Å². The zero-order valence-electron chi connectivity index (χ0n) is 18.0. The number of nitrogens with zero attached hydrogens (tertiary/aromatic N) is 3. The van der Waals surface area contributed by atoms with E-state index in [1.54, 1.807) is 11.0 Å². The summed E-state index contributed by atoms with van der Waals surface area (Å²) in [6.07, 6.45) is 1.99. The zero-order chi connectivity index (χ0) is 22.8. The minimum absolute atomic E-state index is 0.103. The number of amides is 2. The van der Waals surface area contributed by atoms with Crippen LogP contribution in [0, 0.1) is 5.82 Å². The first-order valence-electron chi connectivity index (χ1n) is 10.6. The van der Waals surface area contributed by atoms with E-state index in [1.807, 2.05) is 56.4 Å². The fourth-order valence-corrected chi connectivity index (χ4v) is 4.43. The highest BCUT2D eigenvalue weighted by Crippen LogP contribution is 2.36. The summed E-state index contributed by atoms with van der Waals surface area (Å²) in [4.78, 5) is 29.9. The van der Waals surface area contributed by atoms with Crippen molar-refractivity contribution < 1.29 is 14.0 Å². The molecule has 0 fully saturated rings. The Kier molecular flexibility index (Phi) is 6.33. The van der Waals surface area contributed by atoms with Crippen LogP contribution in [0.25, 0.3) is 0 Å². The molecule has 0 spiro atoms. The molecule has 0 bridgehead atoms. The molecule has 2 amide bonds. The third-order valence-electron chi connectivity index (χ3n) is 5.82. The van der Waals surface area contributed by atoms with Gasteiger partial charge in [-0.05, 0) is 55.8 Å². The SMILES string of the molecule is CC(C)N(CC(=O)N1CCn2cccc2[C@@H]1c1ccccc1Cl)C(=O)c1cccc(F)c1. The van der Waals surface area contributed by atoms with Crippen LogP contribution >= 0.6 is 11.6 Å². The third kappa shape index (κ3) is 4.28. The summed E-state index contributed by atoms with van der Waals surface area (Å²) < 4.78 is 15.8. The maximum absolute atomic E-state index is 13.7. The van der Waals surface area contributed by atoms with E-state index < -0.39 is 5.82 Å². The maximum atomic E-state index is 13.7. The number of benzene rings is 2. The molecule has 0 saturated heterocycles. The van der Waals surface area contributed by atoms with Crippen LogP contribution in [0.15, 0.2) is 66.9 Å². The van der Waals surface area contributed by atoms with Crippen LogP contribution in [0.5, 0.6) is 0 Å². The van der Waals surface area contributed by atoms with Gasteiger partial charge in [0.15, 0.2) is 0 Å². The quantitative estimate of drug-likeness (QED) is 0.559. The molecular formula is C25H25ClFN3O2. The standard InChI is InChI=1S/C25H25ClFN3O2/c1-17(2)30(25(32)18-7-5-8-19(27)15-18)16-23(31)29-14-13-28-12-6-11-22(28)24(29)20-9-3-4-10-21(20)26/h3-12,15,17,24H,13-14,16H2,1-2H3/t24-/m0/s1. The van der Waals surface area contributed by atoms with Gasteiger partial charge in [-0.3, -0.25) is 9.59 Å².